The number of fused-ring (bicyclic) bond motifs is 1. The second kappa shape index (κ2) is 16.1. The molecular formula is C30H37ClCrF4N5O4-. The summed E-state index contributed by atoms with van der Waals surface area (Å²) in [7, 11) is 0. The van der Waals surface area contributed by atoms with Crippen molar-refractivity contribution in [2.75, 3.05) is 29.9 Å². The Morgan fingerprint density at radius 1 is 1.31 bits per heavy atom. The monoisotopic (exact) mass is 694 g/mol. The van der Waals surface area contributed by atoms with Gasteiger partial charge in [-0.25, -0.2) is 9.37 Å². The summed E-state index contributed by atoms with van der Waals surface area (Å²) in [5.41, 5.74) is -0.0367. The third kappa shape index (κ3) is 9.09. The predicted octanol–water partition coefficient (Wildman–Crippen LogP) is 6.18. The minimum Gasteiger partial charge on any atom is -0.474 e. The number of anilines is 2. The first kappa shape index (κ1) is 38.3. The van der Waals surface area contributed by atoms with E-state index >= 15 is 0 Å². The number of hydrogen-bond acceptors (Lipinski definition) is 7. The molecule has 45 heavy (non-hydrogen) atoms. The topological polar surface area (TPSA) is 117 Å². The van der Waals surface area contributed by atoms with Crippen molar-refractivity contribution in [2.24, 2.45) is 0 Å². The molecule has 15 heteroatoms. The molecule has 0 spiro atoms. The zero-order chi connectivity index (χ0) is 31.4. The van der Waals surface area contributed by atoms with Gasteiger partial charge in [0.15, 0.2) is 0 Å². The van der Waals surface area contributed by atoms with E-state index in [2.05, 4.69) is 10.3 Å². The van der Waals surface area contributed by atoms with Crippen molar-refractivity contribution >= 4 is 41.0 Å². The normalized spacial score (nSPS) is 19.9. The Bertz CT molecular complexity index is 1360. The summed E-state index contributed by atoms with van der Waals surface area (Å²) in [5.74, 6) is -2.09. The van der Waals surface area contributed by atoms with Crippen molar-refractivity contribution < 1.29 is 54.0 Å². The summed E-state index contributed by atoms with van der Waals surface area (Å²) in [4.78, 5) is 31.5. The van der Waals surface area contributed by atoms with Crippen molar-refractivity contribution in [3.8, 4) is 5.88 Å². The Kier molecular flexibility index (Phi) is 13.7. The predicted molar refractivity (Wildman–Crippen MR) is 160 cm³/mol. The molecule has 0 bridgehead atoms. The molecule has 1 aromatic heterocycles. The van der Waals surface area contributed by atoms with Gasteiger partial charge in [-0.15, -0.1) is 0 Å². The van der Waals surface area contributed by atoms with Crippen molar-refractivity contribution in [1.29, 1.82) is 5.41 Å². The molecule has 2 aromatic rings. The van der Waals surface area contributed by atoms with E-state index in [4.69, 9.17) is 26.5 Å². The van der Waals surface area contributed by atoms with Crippen LogP contribution in [-0.2, 0) is 37.1 Å². The maximum Gasteiger partial charge on any atom is 0.405 e. The van der Waals surface area contributed by atoms with Gasteiger partial charge in [-0.3, -0.25) is 9.59 Å². The van der Waals surface area contributed by atoms with E-state index < -0.39 is 48.4 Å². The SMILES string of the molecule is CC[C@H](CC[C@@]1(C)C(=O)N(CC(=O)NCC(F)(F)F)c2ccc(F)c(Cl)c21)Oc1ccc(NC2CCCCO2)c(C=N)n1.[CH3-].[Cr]. The fourth-order valence-corrected chi connectivity index (χ4v) is 5.71. The molecule has 1 unspecified atom stereocenters. The molecule has 3 atom stereocenters. The van der Waals surface area contributed by atoms with E-state index in [0.29, 0.717) is 30.8 Å². The maximum atomic E-state index is 14.6. The quantitative estimate of drug-likeness (QED) is 0.139. The maximum absolute atomic E-state index is 14.6. The molecule has 0 aliphatic carbocycles. The third-order valence-electron chi connectivity index (χ3n) is 7.66. The first-order valence-corrected chi connectivity index (χ1v) is 14.4. The number of nitrogens with zero attached hydrogens (tertiary/aromatic N) is 2. The number of alkyl halides is 3. The van der Waals surface area contributed by atoms with E-state index in [0.717, 1.165) is 36.4 Å². The van der Waals surface area contributed by atoms with Crippen molar-refractivity contribution in [1.82, 2.24) is 10.3 Å². The number of rotatable bonds is 12. The summed E-state index contributed by atoms with van der Waals surface area (Å²) in [5, 5.41) is 12.5. The van der Waals surface area contributed by atoms with E-state index in [1.165, 1.54) is 6.07 Å². The zero-order valence-corrected chi connectivity index (χ0v) is 27.3. The fraction of sp³-hybridized carbons (Fsp3) is 0.500. The Balaban J connectivity index is 0.00000353. The second-order valence-corrected chi connectivity index (χ2v) is 11.2. The van der Waals surface area contributed by atoms with Crippen LogP contribution in [0.25, 0.3) is 0 Å². The van der Waals surface area contributed by atoms with Crippen molar-refractivity contribution in [3.63, 3.8) is 0 Å². The molecule has 1 fully saturated rings. The van der Waals surface area contributed by atoms with Crippen LogP contribution < -0.4 is 20.3 Å². The number of ether oxygens (including phenoxy) is 2. The number of nitrogens with one attached hydrogen (secondary N) is 3. The summed E-state index contributed by atoms with van der Waals surface area (Å²) in [6, 6.07) is 5.77. The fourth-order valence-electron chi connectivity index (χ4n) is 5.34. The summed E-state index contributed by atoms with van der Waals surface area (Å²) in [6.45, 7) is 1.89. The largest absolute Gasteiger partial charge is 0.474 e. The van der Waals surface area contributed by atoms with Gasteiger partial charge in [-0.1, -0.05) is 18.5 Å². The Hall–Kier alpha value is -2.92. The molecule has 2 aliphatic rings. The number of hydrogen-bond donors (Lipinski definition) is 3. The van der Waals surface area contributed by atoms with Crippen molar-refractivity contribution in [3.05, 3.63) is 53.8 Å². The number of carbonyl (C=O) groups excluding carboxylic acids is 2. The summed E-state index contributed by atoms with van der Waals surface area (Å²) >= 11 is 6.33. The number of amides is 2. The molecule has 0 saturated carbocycles. The van der Waals surface area contributed by atoms with Gasteiger partial charge in [0.1, 0.15) is 36.9 Å². The van der Waals surface area contributed by atoms with E-state index in [9.17, 15) is 27.2 Å². The van der Waals surface area contributed by atoms with Gasteiger partial charge in [0.2, 0.25) is 17.7 Å². The molecule has 1 aromatic carbocycles. The third-order valence-corrected chi connectivity index (χ3v) is 8.03. The Labute approximate surface area is 276 Å². The van der Waals surface area contributed by atoms with Gasteiger partial charge in [0.05, 0.1) is 21.8 Å². The van der Waals surface area contributed by atoms with Crippen LogP contribution in [0.1, 0.15) is 63.6 Å². The van der Waals surface area contributed by atoms with Gasteiger partial charge in [0.25, 0.3) is 0 Å². The van der Waals surface area contributed by atoms with Crippen LogP contribution >= 0.6 is 11.6 Å². The molecule has 4 rings (SSSR count). The summed E-state index contributed by atoms with van der Waals surface area (Å²) < 4.78 is 64.2. The van der Waals surface area contributed by atoms with E-state index in [1.54, 1.807) is 24.4 Å². The zero-order valence-electron chi connectivity index (χ0n) is 25.2. The first-order valence-electron chi connectivity index (χ1n) is 14.1. The number of aromatic nitrogens is 1. The van der Waals surface area contributed by atoms with Crippen LogP contribution in [0.15, 0.2) is 24.3 Å². The van der Waals surface area contributed by atoms with E-state index in [-0.39, 0.29) is 59.6 Å². The number of carbonyl (C=O) groups is 2. The number of halogens is 5. The molecule has 3 heterocycles. The minimum atomic E-state index is -4.62. The van der Waals surface area contributed by atoms with E-state index in [1.807, 2.05) is 6.92 Å². The van der Waals surface area contributed by atoms with Crippen LogP contribution in [-0.4, -0.2) is 61.2 Å². The molecule has 3 N–H and O–H groups in total. The molecular weight excluding hydrogens is 658 g/mol. The smallest absolute Gasteiger partial charge is 0.405 e. The molecule has 0 radical (unpaired) electrons. The number of pyridine rings is 1. The molecule has 2 amide bonds. The van der Waals surface area contributed by atoms with Gasteiger partial charge in [-0.05, 0) is 63.6 Å². The standard InChI is InChI=1S/C29H34ClF4N5O4.CH3.Cr/c1-3-17(43-24-10-8-19(20(14-35)38-24)37-23-6-4-5-13-42-23)11-12-28(2)25-21(9-7-18(31)26(25)30)39(27(28)41)15-22(40)36-16-29(32,33)34;;/h7-10,14,17,23,35,37H,3-6,11-13,15-16H2,1-2H3,(H,36,40);1H3;/q;-1;/t17-,23?,28-;;/m1../s1. The Morgan fingerprint density at radius 3 is 2.67 bits per heavy atom. The molecule has 2 aliphatic heterocycles. The van der Waals surface area contributed by atoms with Gasteiger partial charge in [-0.2, -0.15) is 13.2 Å². The second-order valence-electron chi connectivity index (χ2n) is 10.8. The van der Waals surface area contributed by atoms with Crippen LogP contribution in [0.3, 0.4) is 0 Å². The Morgan fingerprint density at radius 2 is 2.04 bits per heavy atom. The molecule has 9 nitrogen and oxygen atoms in total. The van der Waals surface area contributed by atoms with Gasteiger partial charge >= 0.3 is 6.18 Å². The van der Waals surface area contributed by atoms with Gasteiger partial charge < -0.3 is 37.8 Å². The number of benzene rings is 1. The van der Waals surface area contributed by atoms with Crippen LogP contribution in [0.2, 0.25) is 5.02 Å². The first-order chi connectivity index (χ1) is 20.4. The van der Waals surface area contributed by atoms with Gasteiger partial charge in [0, 0.05) is 41.8 Å². The summed E-state index contributed by atoms with van der Waals surface area (Å²) in [6.07, 6.45) is -0.249. The molecule has 1 saturated heterocycles. The average molecular weight is 695 g/mol. The minimum absolute atomic E-state index is 0. The molecule has 248 valence electrons. The van der Waals surface area contributed by atoms with Crippen LogP contribution in [0.4, 0.5) is 28.9 Å². The van der Waals surface area contributed by atoms with Crippen molar-refractivity contribution in [2.45, 2.75) is 76.3 Å². The average Bonchev–Trinajstić information content (AvgIpc) is 3.19. The van der Waals surface area contributed by atoms with Crippen LogP contribution in [0.5, 0.6) is 5.88 Å². The van der Waals surface area contributed by atoms with Crippen LogP contribution in [0, 0.1) is 18.7 Å².